The zero-order chi connectivity index (χ0) is 42.1. The van der Waals surface area contributed by atoms with Crippen molar-refractivity contribution in [3.63, 3.8) is 0 Å². The van der Waals surface area contributed by atoms with Gasteiger partial charge in [0.1, 0.15) is 13.2 Å². The predicted octanol–water partition coefficient (Wildman–Crippen LogP) is 12.7. The first kappa shape index (κ1) is 55.0. The third-order valence-corrected chi connectivity index (χ3v) is 10.5. The van der Waals surface area contributed by atoms with Gasteiger partial charge in [-0.05, 0) is 38.5 Å². The second-order valence-corrected chi connectivity index (χ2v) is 17.4. The van der Waals surface area contributed by atoms with Gasteiger partial charge in [0.2, 0.25) is 0 Å². The number of ether oxygens (including phenoxy) is 4. The maximum absolute atomic E-state index is 12.8. The number of nitrogens with zero attached hydrogens (tertiary/aromatic N) is 1. The average molecular weight is 811 g/mol. The fourth-order valence-corrected chi connectivity index (χ4v) is 6.77. The largest absolute Gasteiger partial charge is 0.477 e. The summed E-state index contributed by atoms with van der Waals surface area (Å²) in [4.78, 5) is 37.1. The molecule has 336 valence electrons. The van der Waals surface area contributed by atoms with Crippen molar-refractivity contribution < 1.29 is 42.9 Å². The summed E-state index contributed by atoms with van der Waals surface area (Å²) in [5.41, 5.74) is 0. The normalized spacial score (nSPS) is 12.9. The molecule has 0 aromatic carbocycles. The van der Waals surface area contributed by atoms with Crippen LogP contribution in [0.3, 0.4) is 0 Å². The van der Waals surface area contributed by atoms with Crippen LogP contribution >= 0.6 is 0 Å². The zero-order valence-corrected chi connectivity index (χ0v) is 38.0. The summed E-state index contributed by atoms with van der Waals surface area (Å²) in [6.45, 7) is 4.88. The summed E-state index contributed by atoms with van der Waals surface area (Å²) in [7, 11) is 5.96. The summed E-state index contributed by atoms with van der Waals surface area (Å²) in [5, 5.41) is 9.64. The van der Waals surface area contributed by atoms with Crippen molar-refractivity contribution in [1.82, 2.24) is 0 Å². The Morgan fingerprint density at radius 1 is 0.509 bits per heavy atom. The van der Waals surface area contributed by atoms with E-state index in [1.54, 1.807) is 0 Å². The molecule has 0 amide bonds. The number of hydrogen-bond donors (Lipinski definition) is 1. The fourth-order valence-electron chi connectivity index (χ4n) is 6.77. The van der Waals surface area contributed by atoms with Crippen LogP contribution in [-0.4, -0.2) is 87.4 Å². The number of carboxylic acids is 1. The molecule has 0 aliphatic carbocycles. The van der Waals surface area contributed by atoms with E-state index in [-0.39, 0.29) is 32.2 Å². The van der Waals surface area contributed by atoms with Crippen molar-refractivity contribution >= 4 is 17.9 Å². The highest BCUT2D eigenvalue weighted by molar-refractivity contribution is 5.71. The van der Waals surface area contributed by atoms with E-state index in [2.05, 4.69) is 26.0 Å². The first-order valence-electron chi connectivity index (χ1n) is 23.9. The summed E-state index contributed by atoms with van der Waals surface area (Å²) < 4.78 is 22.8. The second kappa shape index (κ2) is 40.8. The number of allylic oxidation sites excluding steroid dienone is 2. The quantitative estimate of drug-likeness (QED) is 0.0213. The first-order valence-corrected chi connectivity index (χ1v) is 23.9. The predicted molar refractivity (Wildman–Crippen MR) is 235 cm³/mol. The number of unbranched alkanes of at least 4 members (excludes halogenated alkanes) is 27. The molecule has 1 N–H and O–H groups in total. The molecule has 2 atom stereocenters. The molecule has 2 unspecified atom stereocenters. The van der Waals surface area contributed by atoms with Crippen LogP contribution in [0.25, 0.3) is 0 Å². The molecule has 0 aliphatic rings. The van der Waals surface area contributed by atoms with E-state index in [4.69, 9.17) is 18.9 Å². The van der Waals surface area contributed by atoms with Gasteiger partial charge < -0.3 is 28.5 Å². The van der Waals surface area contributed by atoms with E-state index in [1.165, 1.54) is 135 Å². The Labute approximate surface area is 351 Å². The standard InChI is InChI=1S/C48H91NO8/c1-6-8-10-12-14-16-18-20-22-23-24-25-27-28-30-32-34-36-38-45(50)55-42-44(43-56-48(47(52)53)54-41-40-49(3,4)5)57-46(51)39-37-35-33-31-29-26-21-19-17-15-13-11-9-7-2/h19,21,44,48H,6-18,20,22-43H2,1-5H3/p+1/b21-19-. The summed E-state index contributed by atoms with van der Waals surface area (Å²) >= 11 is 0. The maximum atomic E-state index is 12.8. The molecule has 0 spiro atoms. The SMILES string of the molecule is CCCCCCC/C=C\CCCCCCCC(=O)OC(COC(=O)CCCCCCCCCCCCCCCCCCCC)COC(OCC[N+](C)(C)C)C(=O)O. The summed E-state index contributed by atoms with van der Waals surface area (Å²) in [6.07, 6.45) is 39.8. The number of esters is 2. The van der Waals surface area contributed by atoms with Gasteiger partial charge in [-0.2, -0.15) is 0 Å². The first-order chi connectivity index (χ1) is 27.6. The van der Waals surface area contributed by atoms with E-state index in [0.29, 0.717) is 23.9 Å². The molecule has 0 aromatic heterocycles. The van der Waals surface area contributed by atoms with Gasteiger partial charge in [-0.15, -0.1) is 0 Å². The van der Waals surface area contributed by atoms with Gasteiger partial charge in [-0.25, -0.2) is 4.79 Å². The highest BCUT2D eigenvalue weighted by atomic mass is 16.7. The van der Waals surface area contributed by atoms with E-state index < -0.39 is 24.3 Å². The Morgan fingerprint density at radius 2 is 0.895 bits per heavy atom. The highest BCUT2D eigenvalue weighted by Gasteiger charge is 2.25. The molecule has 0 saturated carbocycles. The molecule has 0 bridgehead atoms. The summed E-state index contributed by atoms with van der Waals surface area (Å²) in [6, 6.07) is 0. The summed E-state index contributed by atoms with van der Waals surface area (Å²) in [5.74, 6) is -2.00. The smallest absolute Gasteiger partial charge is 0.361 e. The Kier molecular flexibility index (Phi) is 39.4. The van der Waals surface area contributed by atoms with Gasteiger partial charge in [-0.1, -0.05) is 180 Å². The van der Waals surface area contributed by atoms with Crippen LogP contribution in [-0.2, 0) is 33.3 Å². The molecule has 0 aliphatic heterocycles. The number of hydrogen-bond acceptors (Lipinski definition) is 7. The van der Waals surface area contributed by atoms with Crippen LogP contribution in [0.4, 0.5) is 0 Å². The van der Waals surface area contributed by atoms with Crippen molar-refractivity contribution in [1.29, 1.82) is 0 Å². The third-order valence-electron chi connectivity index (χ3n) is 10.5. The minimum Gasteiger partial charge on any atom is -0.477 e. The van der Waals surface area contributed by atoms with Crippen LogP contribution in [0.1, 0.15) is 219 Å². The van der Waals surface area contributed by atoms with E-state index in [1.807, 2.05) is 21.1 Å². The van der Waals surface area contributed by atoms with Gasteiger partial charge in [0, 0.05) is 12.8 Å². The van der Waals surface area contributed by atoms with Crippen LogP contribution in [0.2, 0.25) is 0 Å². The van der Waals surface area contributed by atoms with E-state index in [0.717, 1.165) is 51.4 Å². The molecule has 0 fully saturated rings. The molecule has 0 radical (unpaired) electrons. The average Bonchev–Trinajstić information content (AvgIpc) is 3.17. The highest BCUT2D eigenvalue weighted by Crippen LogP contribution is 2.16. The monoisotopic (exact) mass is 811 g/mol. The molecule has 0 heterocycles. The Morgan fingerprint density at radius 3 is 1.30 bits per heavy atom. The molecule has 0 aromatic rings. The molecule has 0 saturated heterocycles. The van der Waals surface area contributed by atoms with Gasteiger partial charge in [-0.3, -0.25) is 9.59 Å². The second-order valence-electron chi connectivity index (χ2n) is 17.4. The molecule has 9 heteroatoms. The molecule has 0 rings (SSSR count). The van der Waals surface area contributed by atoms with Gasteiger partial charge >= 0.3 is 17.9 Å². The van der Waals surface area contributed by atoms with Gasteiger partial charge in [0.15, 0.2) is 6.10 Å². The van der Waals surface area contributed by atoms with Crippen LogP contribution in [0.5, 0.6) is 0 Å². The van der Waals surface area contributed by atoms with Crippen LogP contribution < -0.4 is 0 Å². The van der Waals surface area contributed by atoms with Gasteiger partial charge in [0.05, 0.1) is 34.4 Å². The third kappa shape index (κ3) is 42.0. The number of aliphatic carboxylic acids is 1. The van der Waals surface area contributed by atoms with Crippen molar-refractivity contribution in [2.24, 2.45) is 0 Å². The molecular formula is C48H92NO8+. The number of quaternary nitrogens is 1. The lowest BCUT2D eigenvalue weighted by Crippen LogP contribution is -2.40. The lowest BCUT2D eigenvalue weighted by molar-refractivity contribution is -0.870. The zero-order valence-electron chi connectivity index (χ0n) is 38.0. The topological polar surface area (TPSA) is 108 Å². The Bertz CT molecular complexity index is 949. The van der Waals surface area contributed by atoms with Crippen molar-refractivity contribution in [3.8, 4) is 0 Å². The number of carboxylic acid groups (broad SMARTS) is 1. The van der Waals surface area contributed by atoms with Crippen molar-refractivity contribution in [2.45, 2.75) is 232 Å². The lowest BCUT2D eigenvalue weighted by atomic mass is 10.0. The van der Waals surface area contributed by atoms with Gasteiger partial charge in [0.25, 0.3) is 6.29 Å². The minimum absolute atomic E-state index is 0.179. The Balaban J connectivity index is 4.36. The van der Waals surface area contributed by atoms with E-state index >= 15 is 0 Å². The number of carbonyl (C=O) groups is 3. The van der Waals surface area contributed by atoms with Crippen LogP contribution in [0.15, 0.2) is 12.2 Å². The minimum atomic E-state index is -1.51. The van der Waals surface area contributed by atoms with Crippen LogP contribution in [0, 0.1) is 0 Å². The maximum Gasteiger partial charge on any atom is 0.361 e. The van der Waals surface area contributed by atoms with Crippen molar-refractivity contribution in [3.05, 3.63) is 12.2 Å². The lowest BCUT2D eigenvalue weighted by Gasteiger charge is -2.25. The fraction of sp³-hybridized carbons (Fsp3) is 0.896. The number of likely N-dealkylation sites (N-methyl/N-ethyl adjacent to an activating group) is 1. The van der Waals surface area contributed by atoms with E-state index in [9.17, 15) is 19.5 Å². The molecule has 9 nitrogen and oxygen atoms in total. The molecule has 57 heavy (non-hydrogen) atoms. The Hall–Kier alpha value is -1.97. The van der Waals surface area contributed by atoms with Crippen molar-refractivity contribution in [2.75, 3.05) is 47.5 Å². The number of carbonyl (C=O) groups excluding carboxylic acids is 2. The number of rotatable bonds is 44. The molecular weight excluding hydrogens is 719 g/mol.